The molecule has 0 aromatic carbocycles. The second-order valence-corrected chi connectivity index (χ2v) is 7.25. The molecule has 4 heteroatoms. The summed E-state index contributed by atoms with van der Waals surface area (Å²) in [5.41, 5.74) is 1.39. The maximum absolute atomic E-state index is 5.81. The highest BCUT2D eigenvalue weighted by atomic mass is 16.5. The smallest absolute Gasteiger partial charge is 0.0702 e. The van der Waals surface area contributed by atoms with Crippen molar-refractivity contribution in [2.24, 2.45) is 11.8 Å². The molecule has 1 aromatic rings. The van der Waals surface area contributed by atoms with E-state index in [0.717, 1.165) is 31.5 Å². The van der Waals surface area contributed by atoms with Gasteiger partial charge >= 0.3 is 0 Å². The molecule has 1 aromatic heterocycles. The van der Waals surface area contributed by atoms with Gasteiger partial charge in [-0.1, -0.05) is 0 Å². The van der Waals surface area contributed by atoms with E-state index >= 15 is 0 Å². The van der Waals surface area contributed by atoms with E-state index in [2.05, 4.69) is 26.9 Å². The van der Waals surface area contributed by atoms with Crippen molar-refractivity contribution in [1.82, 2.24) is 14.8 Å². The van der Waals surface area contributed by atoms with Crippen LogP contribution in [0.3, 0.4) is 0 Å². The molecule has 3 saturated heterocycles. The molecule has 0 bridgehead atoms. The van der Waals surface area contributed by atoms with Gasteiger partial charge in [0.2, 0.25) is 0 Å². The summed E-state index contributed by atoms with van der Waals surface area (Å²) in [6, 6.07) is 4.29. The standard InChI is InChI=1S/C18H27N3O/c1-2-18(22-9-1)14-20-8-5-16-11-21(13-17(16)12-20)10-15-3-6-19-7-4-15/h3-4,6-7,16-18H,1-2,5,8-14H2/t16-,17+,18?/m1/s1. The fraction of sp³-hybridized carbons (Fsp3) is 0.722. The van der Waals surface area contributed by atoms with E-state index in [9.17, 15) is 0 Å². The number of likely N-dealkylation sites (tertiary alicyclic amines) is 2. The Morgan fingerprint density at radius 1 is 1.05 bits per heavy atom. The highest BCUT2D eigenvalue weighted by Gasteiger charge is 2.37. The van der Waals surface area contributed by atoms with E-state index in [1.807, 2.05) is 12.4 Å². The quantitative estimate of drug-likeness (QED) is 0.851. The minimum atomic E-state index is 0.505. The van der Waals surface area contributed by atoms with Gasteiger partial charge in [-0.05, 0) is 55.3 Å². The monoisotopic (exact) mass is 301 g/mol. The summed E-state index contributed by atoms with van der Waals surface area (Å²) in [6.45, 7) is 8.30. The number of rotatable bonds is 4. The van der Waals surface area contributed by atoms with E-state index in [4.69, 9.17) is 4.74 Å². The van der Waals surface area contributed by atoms with Gasteiger partial charge < -0.3 is 9.64 Å². The average molecular weight is 301 g/mol. The highest BCUT2D eigenvalue weighted by Crippen LogP contribution is 2.32. The lowest BCUT2D eigenvalue weighted by molar-refractivity contribution is 0.0507. The molecule has 0 amide bonds. The third-order valence-corrected chi connectivity index (χ3v) is 5.60. The summed E-state index contributed by atoms with van der Waals surface area (Å²) >= 11 is 0. The Morgan fingerprint density at radius 2 is 1.86 bits per heavy atom. The molecule has 3 aliphatic heterocycles. The van der Waals surface area contributed by atoms with E-state index < -0.39 is 0 Å². The molecule has 1 unspecified atom stereocenters. The lowest BCUT2D eigenvalue weighted by Crippen LogP contribution is -2.43. The van der Waals surface area contributed by atoms with Gasteiger partial charge in [0.15, 0.2) is 0 Å². The van der Waals surface area contributed by atoms with Crippen LogP contribution in [0.1, 0.15) is 24.8 Å². The maximum atomic E-state index is 5.81. The molecule has 22 heavy (non-hydrogen) atoms. The molecular formula is C18H27N3O. The molecular weight excluding hydrogens is 274 g/mol. The predicted molar refractivity (Wildman–Crippen MR) is 86.5 cm³/mol. The van der Waals surface area contributed by atoms with Gasteiger partial charge in [0.05, 0.1) is 6.10 Å². The van der Waals surface area contributed by atoms with Crippen LogP contribution in [-0.4, -0.2) is 60.2 Å². The maximum Gasteiger partial charge on any atom is 0.0702 e. The number of hydrogen-bond donors (Lipinski definition) is 0. The Bertz CT molecular complexity index is 474. The van der Waals surface area contributed by atoms with Gasteiger partial charge in [-0.25, -0.2) is 0 Å². The zero-order valence-corrected chi connectivity index (χ0v) is 13.4. The third-order valence-electron chi connectivity index (χ3n) is 5.60. The van der Waals surface area contributed by atoms with Crippen LogP contribution >= 0.6 is 0 Å². The summed E-state index contributed by atoms with van der Waals surface area (Å²) in [4.78, 5) is 9.41. The first-order chi connectivity index (χ1) is 10.9. The van der Waals surface area contributed by atoms with Crippen LogP contribution in [0.25, 0.3) is 0 Å². The topological polar surface area (TPSA) is 28.6 Å². The van der Waals surface area contributed by atoms with Crippen molar-refractivity contribution in [1.29, 1.82) is 0 Å². The first kappa shape index (κ1) is 14.6. The number of fused-ring (bicyclic) bond motifs is 1. The van der Waals surface area contributed by atoms with Gasteiger partial charge in [-0.3, -0.25) is 9.88 Å². The largest absolute Gasteiger partial charge is 0.377 e. The minimum absolute atomic E-state index is 0.505. The van der Waals surface area contributed by atoms with Crippen LogP contribution in [0, 0.1) is 11.8 Å². The minimum Gasteiger partial charge on any atom is -0.377 e. The molecule has 3 atom stereocenters. The molecule has 4 nitrogen and oxygen atoms in total. The SMILES string of the molecule is c1cc(CN2C[C@H]3CCN(CC4CCCO4)C[C@H]3C2)ccn1. The lowest BCUT2D eigenvalue weighted by Gasteiger charge is -2.35. The van der Waals surface area contributed by atoms with Gasteiger partial charge in [0, 0.05) is 51.7 Å². The average Bonchev–Trinajstić information content (AvgIpc) is 3.17. The van der Waals surface area contributed by atoms with Gasteiger partial charge in [0.25, 0.3) is 0 Å². The summed E-state index contributed by atoms with van der Waals surface area (Å²) in [5.74, 6) is 1.76. The molecule has 3 fully saturated rings. The fourth-order valence-corrected chi connectivity index (χ4v) is 4.46. The molecule has 0 radical (unpaired) electrons. The molecule has 0 N–H and O–H groups in total. The number of hydrogen-bond acceptors (Lipinski definition) is 4. The summed E-state index contributed by atoms with van der Waals surface area (Å²) < 4.78 is 5.81. The lowest BCUT2D eigenvalue weighted by atomic mass is 9.88. The van der Waals surface area contributed by atoms with Gasteiger partial charge in [-0.2, -0.15) is 0 Å². The summed E-state index contributed by atoms with van der Waals surface area (Å²) in [5, 5.41) is 0. The number of piperidine rings is 1. The van der Waals surface area contributed by atoms with E-state index in [1.165, 1.54) is 51.0 Å². The number of pyridine rings is 1. The van der Waals surface area contributed by atoms with Crippen LogP contribution in [0.2, 0.25) is 0 Å². The predicted octanol–water partition coefficient (Wildman–Crippen LogP) is 2.01. The van der Waals surface area contributed by atoms with Crippen molar-refractivity contribution >= 4 is 0 Å². The van der Waals surface area contributed by atoms with Crippen molar-refractivity contribution in [3.63, 3.8) is 0 Å². The Hall–Kier alpha value is -0.970. The van der Waals surface area contributed by atoms with E-state index in [0.29, 0.717) is 6.10 Å². The van der Waals surface area contributed by atoms with Gasteiger partial charge in [-0.15, -0.1) is 0 Å². The Balaban J connectivity index is 1.29. The molecule has 0 saturated carbocycles. The fourth-order valence-electron chi connectivity index (χ4n) is 4.46. The Morgan fingerprint density at radius 3 is 2.68 bits per heavy atom. The number of nitrogens with zero attached hydrogens (tertiary/aromatic N) is 3. The van der Waals surface area contributed by atoms with E-state index in [-0.39, 0.29) is 0 Å². The first-order valence-electron chi connectivity index (χ1n) is 8.82. The second kappa shape index (κ2) is 6.65. The number of ether oxygens (including phenoxy) is 1. The molecule has 0 spiro atoms. The highest BCUT2D eigenvalue weighted by molar-refractivity contribution is 5.10. The van der Waals surface area contributed by atoms with Crippen molar-refractivity contribution in [3.05, 3.63) is 30.1 Å². The van der Waals surface area contributed by atoms with Crippen molar-refractivity contribution < 1.29 is 4.74 Å². The molecule has 4 heterocycles. The summed E-state index contributed by atoms with van der Waals surface area (Å²) in [6.07, 6.45) is 8.20. The molecule has 3 aliphatic rings. The van der Waals surface area contributed by atoms with Crippen molar-refractivity contribution in [2.45, 2.75) is 31.9 Å². The second-order valence-electron chi connectivity index (χ2n) is 7.25. The first-order valence-corrected chi connectivity index (χ1v) is 8.82. The van der Waals surface area contributed by atoms with Crippen molar-refractivity contribution in [2.75, 3.05) is 39.3 Å². The molecule has 4 rings (SSSR count). The molecule has 0 aliphatic carbocycles. The molecule has 120 valence electrons. The zero-order chi connectivity index (χ0) is 14.8. The third kappa shape index (κ3) is 3.34. The van der Waals surface area contributed by atoms with Crippen LogP contribution in [0.5, 0.6) is 0 Å². The Labute approximate surface area is 133 Å². The summed E-state index contributed by atoms with van der Waals surface area (Å²) in [7, 11) is 0. The zero-order valence-electron chi connectivity index (χ0n) is 13.4. The number of aromatic nitrogens is 1. The van der Waals surface area contributed by atoms with Crippen LogP contribution in [0.15, 0.2) is 24.5 Å². The van der Waals surface area contributed by atoms with Crippen LogP contribution in [0.4, 0.5) is 0 Å². The van der Waals surface area contributed by atoms with Crippen LogP contribution < -0.4 is 0 Å². The van der Waals surface area contributed by atoms with Crippen LogP contribution in [-0.2, 0) is 11.3 Å². The van der Waals surface area contributed by atoms with E-state index in [1.54, 1.807) is 0 Å². The van der Waals surface area contributed by atoms with Crippen molar-refractivity contribution in [3.8, 4) is 0 Å². The van der Waals surface area contributed by atoms with Gasteiger partial charge in [0.1, 0.15) is 0 Å². The normalized spacial score (nSPS) is 33.2. The Kier molecular flexibility index (Phi) is 4.42.